The smallest absolute Gasteiger partial charge is 0.209 e. The molecule has 5 heteroatoms. The van der Waals surface area contributed by atoms with Crippen LogP contribution in [0.2, 0.25) is 0 Å². The van der Waals surface area contributed by atoms with E-state index in [1.165, 1.54) is 12.1 Å². The minimum atomic E-state index is -0.354. The highest BCUT2D eigenvalue weighted by atomic mass is 16.3. The van der Waals surface area contributed by atoms with E-state index in [1.54, 1.807) is 30.6 Å². The van der Waals surface area contributed by atoms with Crippen LogP contribution >= 0.6 is 0 Å². The fraction of sp³-hybridized carbons (Fsp3) is 0.250. The molecule has 110 valence electrons. The van der Waals surface area contributed by atoms with E-state index in [-0.39, 0.29) is 17.6 Å². The number of aromatic hydroxyl groups is 1. The normalized spacial score (nSPS) is 19.5. The van der Waals surface area contributed by atoms with Gasteiger partial charge in [-0.1, -0.05) is 0 Å². The van der Waals surface area contributed by atoms with Crippen LogP contribution in [0.4, 0.5) is 0 Å². The van der Waals surface area contributed by atoms with Gasteiger partial charge in [-0.05, 0) is 37.3 Å². The van der Waals surface area contributed by atoms with Gasteiger partial charge in [0.15, 0.2) is 0 Å². The van der Waals surface area contributed by atoms with Crippen molar-refractivity contribution >= 4 is 12.0 Å². The summed E-state index contributed by atoms with van der Waals surface area (Å²) in [5.41, 5.74) is 7.79. The summed E-state index contributed by atoms with van der Waals surface area (Å²) in [5, 5.41) is 9.34. The largest absolute Gasteiger partial charge is 0.508 e. The molecule has 0 aliphatic carbocycles. The first-order chi connectivity index (χ1) is 10.0. The highest BCUT2D eigenvalue weighted by Crippen LogP contribution is 2.20. The van der Waals surface area contributed by atoms with Crippen LogP contribution in [-0.2, 0) is 0 Å². The van der Waals surface area contributed by atoms with E-state index < -0.39 is 0 Å². The number of phenolic OH excluding ortho intramolecular Hbond substituents is 1. The summed E-state index contributed by atoms with van der Waals surface area (Å²) in [6, 6.07) is 5.84. The van der Waals surface area contributed by atoms with Crippen LogP contribution in [0, 0.1) is 0 Å². The molecule has 1 unspecified atom stereocenters. The molecule has 0 bridgehead atoms. The number of nitrogens with zero attached hydrogens (tertiary/aromatic N) is 2. The van der Waals surface area contributed by atoms with E-state index in [9.17, 15) is 9.90 Å². The van der Waals surface area contributed by atoms with E-state index in [4.69, 9.17) is 5.73 Å². The first kappa shape index (κ1) is 15.0. The summed E-state index contributed by atoms with van der Waals surface area (Å²) in [5.74, 6) is -0.00462. The molecular weight excluding hydrogens is 266 g/mol. The number of hydrogen-bond acceptors (Lipinski definition) is 5. The molecule has 0 aromatic heterocycles. The first-order valence-electron chi connectivity index (χ1n) is 6.79. The Morgan fingerprint density at radius 3 is 2.62 bits per heavy atom. The van der Waals surface area contributed by atoms with E-state index in [0.717, 1.165) is 0 Å². The molecule has 0 saturated carbocycles. The zero-order chi connectivity index (χ0) is 15.4. The minimum absolute atomic E-state index is 0.128. The number of benzene rings is 1. The lowest BCUT2D eigenvalue weighted by molar-refractivity contribution is 0.0998. The average molecular weight is 285 g/mol. The predicted octanol–water partition coefficient (Wildman–Crippen LogP) is 1.71. The first-order valence-corrected chi connectivity index (χ1v) is 6.79. The molecule has 1 aliphatic heterocycles. The van der Waals surface area contributed by atoms with Crippen molar-refractivity contribution in [3.8, 4) is 5.75 Å². The summed E-state index contributed by atoms with van der Waals surface area (Å²) >= 11 is 0. The summed E-state index contributed by atoms with van der Waals surface area (Å²) in [7, 11) is 1.85. The van der Waals surface area contributed by atoms with Crippen molar-refractivity contribution in [3.63, 3.8) is 0 Å². The Bertz CT molecular complexity index is 615. The van der Waals surface area contributed by atoms with Crippen LogP contribution in [0.1, 0.15) is 17.3 Å². The number of phenols is 1. The number of nitrogens with two attached hydrogens (primary N) is 1. The maximum atomic E-state index is 12.8. The Hall–Kier alpha value is -2.40. The molecule has 0 saturated heterocycles. The van der Waals surface area contributed by atoms with Gasteiger partial charge in [-0.15, -0.1) is 0 Å². The van der Waals surface area contributed by atoms with Crippen LogP contribution < -0.4 is 5.73 Å². The van der Waals surface area contributed by atoms with Crippen molar-refractivity contribution in [2.24, 2.45) is 10.7 Å². The third-order valence-electron chi connectivity index (χ3n) is 3.43. The Kier molecular flexibility index (Phi) is 4.55. The van der Waals surface area contributed by atoms with Gasteiger partial charge in [-0.2, -0.15) is 0 Å². The molecular formula is C16H19N3O2. The Morgan fingerprint density at radius 2 is 2.05 bits per heavy atom. The summed E-state index contributed by atoms with van der Waals surface area (Å²) in [6.45, 7) is 2.64. The lowest BCUT2D eigenvalue weighted by atomic mass is 9.98. The highest BCUT2D eigenvalue weighted by molar-refractivity contribution is 6.11. The molecule has 1 aromatic rings. The third-order valence-corrected chi connectivity index (χ3v) is 3.43. The van der Waals surface area contributed by atoms with Crippen LogP contribution in [0.3, 0.4) is 0 Å². The van der Waals surface area contributed by atoms with Gasteiger partial charge in [0.1, 0.15) is 5.75 Å². The predicted molar refractivity (Wildman–Crippen MR) is 83.4 cm³/mol. The van der Waals surface area contributed by atoms with Crippen LogP contribution in [0.15, 0.2) is 52.8 Å². The number of aliphatic imine (C=N–C) groups is 1. The van der Waals surface area contributed by atoms with Crippen LogP contribution in [-0.4, -0.2) is 41.6 Å². The van der Waals surface area contributed by atoms with E-state index in [0.29, 0.717) is 23.4 Å². The second-order valence-corrected chi connectivity index (χ2v) is 4.84. The topological polar surface area (TPSA) is 78.9 Å². The lowest BCUT2D eigenvalue weighted by Crippen LogP contribution is -2.32. The van der Waals surface area contributed by atoms with Crippen LogP contribution in [0.25, 0.3) is 0 Å². The number of ketones is 1. The van der Waals surface area contributed by atoms with Gasteiger partial charge in [-0.25, -0.2) is 0 Å². The standard InChI is InChI=1S/C16H19N3O2/c1-3-19(2)15(13-10-18-9-8-14(13)17)16(21)11-4-6-12(20)7-5-11/h4-10,14,20H,3,17H2,1-2H3/b15-13-. The summed E-state index contributed by atoms with van der Waals surface area (Å²) in [6.07, 6.45) is 5.01. The SMILES string of the molecule is CCN(C)/C(C(=O)c1ccc(O)cc1)=C1/C=NC=CC1N. The van der Waals surface area contributed by atoms with Crippen molar-refractivity contribution in [3.05, 3.63) is 53.4 Å². The van der Waals surface area contributed by atoms with Gasteiger partial charge in [0.25, 0.3) is 0 Å². The molecule has 0 spiro atoms. The number of likely N-dealkylation sites (N-methyl/N-ethyl adjacent to an activating group) is 1. The molecule has 0 radical (unpaired) electrons. The fourth-order valence-corrected chi connectivity index (χ4v) is 2.11. The number of hydrogen-bond donors (Lipinski definition) is 2. The monoisotopic (exact) mass is 285 g/mol. The quantitative estimate of drug-likeness (QED) is 0.652. The van der Waals surface area contributed by atoms with E-state index >= 15 is 0 Å². The van der Waals surface area contributed by atoms with Crippen LogP contribution in [0.5, 0.6) is 5.75 Å². The Morgan fingerprint density at radius 1 is 1.38 bits per heavy atom. The maximum absolute atomic E-state index is 12.8. The molecule has 0 amide bonds. The molecule has 1 atom stereocenters. The van der Waals surface area contributed by atoms with E-state index in [1.807, 2.05) is 18.9 Å². The average Bonchev–Trinajstić information content (AvgIpc) is 2.49. The van der Waals surface area contributed by atoms with Crippen molar-refractivity contribution in [2.75, 3.05) is 13.6 Å². The second-order valence-electron chi connectivity index (χ2n) is 4.84. The third kappa shape index (κ3) is 3.20. The van der Waals surface area contributed by atoms with Crippen molar-refractivity contribution in [2.45, 2.75) is 13.0 Å². The van der Waals surface area contributed by atoms with Crippen molar-refractivity contribution in [1.29, 1.82) is 0 Å². The summed E-state index contributed by atoms with van der Waals surface area (Å²) in [4.78, 5) is 18.7. The number of carbonyl (C=O) groups is 1. The van der Waals surface area contributed by atoms with Gasteiger partial charge in [0, 0.05) is 37.1 Å². The fourth-order valence-electron chi connectivity index (χ4n) is 2.11. The minimum Gasteiger partial charge on any atom is -0.508 e. The Labute approximate surface area is 124 Å². The van der Waals surface area contributed by atoms with Gasteiger partial charge in [-0.3, -0.25) is 9.79 Å². The molecule has 1 heterocycles. The van der Waals surface area contributed by atoms with Gasteiger partial charge in [0.05, 0.1) is 11.7 Å². The lowest BCUT2D eigenvalue weighted by Gasteiger charge is -2.25. The number of Topliss-reactive ketones (excluding diaryl/α,β-unsaturated/α-hetero) is 1. The van der Waals surface area contributed by atoms with E-state index in [2.05, 4.69) is 4.99 Å². The molecule has 0 fully saturated rings. The molecule has 21 heavy (non-hydrogen) atoms. The molecule has 2 rings (SSSR count). The zero-order valence-electron chi connectivity index (χ0n) is 12.2. The zero-order valence-corrected chi connectivity index (χ0v) is 12.2. The molecule has 5 nitrogen and oxygen atoms in total. The second kappa shape index (κ2) is 6.37. The maximum Gasteiger partial charge on any atom is 0.209 e. The number of carbonyl (C=O) groups excluding carboxylic acids is 1. The molecule has 3 N–H and O–H groups in total. The number of allylic oxidation sites excluding steroid dienone is 1. The van der Waals surface area contributed by atoms with Gasteiger partial charge >= 0.3 is 0 Å². The van der Waals surface area contributed by atoms with Gasteiger partial charge in [0.2, 0.25) is 5.78 Å². The van der Waals surface area contributed by atoms with Crippen molar-refractivity contribution < 1.29 is 9.90 Å². The van der Waals surface area contributed by atoms with Crippen molar-refractivity contribution in [1.82, 2.24) is 4.90 Å². The molecule has 1 aliphatic rings. The summed E-state index contributed by atoms with van der Waals surface area (Å²) < 4.78 is 0. The van der Waals surface area contributed by atoms with Gasteiger partial charge < -0.3 is 15.7 Å². The number of rotatable bonds is 4. The highest BCUT2D eigenvalue weighted by Gasteiger charge is 2.23. The Balaban J connectivity index is 2.48. The molecule has 1 aromatic carbocycles.